The van der Waals surface area contributed by atoms with Crippen LogP contribution in [0.25, 0.3) is 0 Å². The topological polar surface area (TPSA) is 41.1 Å². The van der Waals surface area contributed by atoms with Crippen molar-refractivity contribution >= 4 is 17.5 Å². The molecule has 0 spiro atoms. The lowest BCUT2D eigenvalue weighted by atomic mass is 9.78. The Bertz CT molecular complexity index is 520. The van der Waals surface area contributed by atoms with Gasteiger partial charge < -0.3 is 10.6 Å². The number of carbonyl (C=O) groups excluding carboxylic acids is 1. The van der Waals surface area contributed by atoms with E-state index in [1.54, 1.807) is 0 Å². The molecule has 0 bridgehead atoms. The van der Waals surface area contributed by atoms with Crippen LogP contribution in [0.1, 0.15) is 44.1 Å². The maximum absolute atomic E-state index is 13.0. The minimum Gasteiger partial charge on any atom is -0.352 e. The lowest BCUT2D eigenvalue weighted by molar-refractivity contribution is -0.131. The molecule has 3 rings (SSSR count). The van der Waals surface area contributed by atoms with Crippen molar-refractivity contribution in [2.75, 3.05) is 13.1 Å². The molecule has 0 radical (unpaired) electrons. The summed E-state index contributed by atoms with van der Waals surface area (Å²) in [4.78, 5) is 13.0. The van der Waals surface area contributed by atoms with Crippen molar-refractivity contribution in [3.05, 3.63) is 34.9 Å². The first-order chi connectivity index (χ1) is 10.7. The summed E-state index contributed by atoms with van der Waals surface area (Å²) in [5.74, 6) is 0.249. The zero-order valence-electron chi connectivity index (χ0n) is 13.0. The fraction of sp³-hybridized carbons (Fsp3) is 0.611. The molecular formula is C18H25ClN2O. The van der Waals surface area contributed by atoms with Crippen LogP contribution < -0.4 is 10.6 Å². The lowest BCUT2D eigenvalue weighted by Gasteiger charge is -2.32. The molecule has 2 fully saturated rings. The third-order valence-electron chi connectivity index (χ3n) is 5.11. The molecule has 0 aromatic heterocycles. The third kappa shape index (κ3) is 3.64. The monoisotopic (exact) mass is 320 g/mol. The van der Waals surface area contributed by atoms with E-state index in [1.165, 1.54) is 5.56 Å². The summed E-state index contributed by atoms with van der Waals surface area (Å²) in [5, 5.41) is 7.42. The Hall–Kier alpha value is -1.06. The van der Waals surface area contributed by atoms with Crippen LogP contribution in [0.3, 0.4) is 0 Å². The van der Waals surface area contributed by atoms with Crippen LogP contribution in [0, 0.1) is 5.41 Å². The SMILES string of the molecule is O=C(NC1CCCNC1)C1(Cc2cccc(Cl)c2)CCCC1. The molecule has 22 heavy (non-hydrogen) atoms. The number of hydrogen-bond donors (Lipinski definition) is 2. The zero-order valence-corrected chi connectivity index (χ0v) is 13.8. The average molecular weight is 321 g/mol. The van der Waals surface area contributed by atoms with Crippen molar-refractivity contribution in [1.29, 1.82) is 0 Å². The van der Waals surface area contributed by atoms with Gasteiger partial charge in [-0.2, -0.15) is 0 Å². The van der Waals surface area contributed by atoms with Crippen molar-refractivity contribution in [3.8, 4) is 0 Å². The highest BCUT2D eigenvalue weighted by atomic mass is 35.5. The van der Waals surface area contributed by atoms with Crippen LogP contribution in [0.5, 0.6) is 0 Å². The molecule has 1 heterocycles. The molecule has 2 aliphatic rings. The first-order valence-corrected chi connectivity index (χ1v) is 8.82. The molecule has 1 saturated heterocycles. The minimum atomic E-state index is -0.234. The number of halogens is 1. The van der Waals surface area contributed by atoms with Gasteiger partial charge in [-0.1, -0.05) is 36.6 Å². The Kier molecular flexibility index (Phi) is 5.04. The molecule has 3 nitrogen and oxygen atoms in total. The highest BCUT2D eigenvalue weighted by Gasteiger charge is 2.41. The van der Waals surface area contributed by atoms with Crippen molar-refractivity contribution in [1.82, 2.24) is 10.6 Å². The second-order valence-corrected chi connectivity index (χ2v) is 7.25. The second kappa shape index (κ2) is 7.01. The van der Waals surface area contributed by atoms with Crippen LogP contribution in [0.2, 0.25) is 5.02 Å². The van der Waals surface area contributed by atoms with E-state index in [0.29, 0.717) is 0 Å². The smallest absolute Gasteiger partial charge is 0.226 e. The van der Waals surface area contributed by atoms with E-state index in [1.807, 2.05) is 18.2 Å². The van der Waals surface area contributed by atoms with Gasteiger partial charge in [0.1, 0.15) is 0 Å². The number of nitrogens with one attached hydrogen (secondary N) is 2. The number of carbonyl (C=O) groups is 1. The van der Waals surface area contributed by atoms with Crippen molar-refractivity contribution in [2.45, 2.75) is 51.0 Å². The van der Waals surface area contributed by atoms with Gasteiger partial charge in [0.05, 0.1) is 5.41 Å². The van der Waals surface area contributed by atoms with Crippen molar-refractivity contribution < 1.29 is 4.79 Å². The lowest BCUT2D eigenvalue weighted by Crippen LogP contribution is -2.50. The van der Waals surface area contributed by atoms with Crippen LogP contribution >= 0.6 is 11.6 Å². The van der Waals surface area contributed by atoms with Crippen molar-refractivity contribution in [2.24, 2.45) is 5.41 Å². The van der Waals surface area contributed by atoms with Crippen LogP contribution in [0.4, 0.5) is 0 Å². The first kappa shape index (κ1) is 15.8. The van der Waals surface area contributed by atoms with Gasteiger partial charge in [0, 0.05) is 17.6 Å². The number of benzene rings is 1. The molecule has 1 aliphatic carbocycles. The maximum Gasteiger partial charge on any atom is 0.226 e. The second-order valence-electron chi connectivity index (χ2n) is 6.81. The minimum absolute atomic E-state index is 0.234. The average Bonchev–Trinajstić information content (AvgIpc) is 2.98. The normalized spacial score (nSPS) is 24.1. The van der Waals surface area contributed by atoms with E-state index < -0.39 is 0 Å². The van der Waals surface area contributed by atoms with Crippen LogP contribution in [0.15, 0.2) is 24.3 Å². The molecular weight excluding hydrogens is 296 g/mol. The van der Waals surface area contributed by atoms with Gasteiger partial charge in [-0.05, 0) is 56.3 Å². The first-order valence-electron chi connectivity index (χ1n) is 8.44. The molecule has 1 aliphatic heterocycles. The van der Waals surface area contributed by atoms with E-state index in [9.17, 15) is 4.79 Å². The van der Waals surface area contributed by atoms with Gasteiger partial charge in [-0.25, -0.2) is 0 Å². The Labute approximate surface area is 137 Å². The highest BCUT2D eigenvalue weighted by molar-refractivity contribution is 6.30. The van der Waals surface area contributed by atoms with Gasteiger partial charge in [0.25, 0.3) is 0 Å². The van der Waals surface area contributed by atoms with E-state index in [0.717, 1.165) is 63.1 Å². The van der Waals surface area contributed by atoms with E-state index >= 15 is 0 Å². The molecule has 1 amide bonds. The molecule has 120 valence electrons. The number of amides is 1. The largest absolute Gasteiger partial charge is 0.352 e. The van der Waals surface area contributed by atoms with Gasteiger partial charge in [0.15, 0.2) is 0 Å². The van der Waals surface area contributed by atoms with Gasteiger partial charge in [0.2, 0.25) is 5.91 Å². The number of piperidine rings is 1. The standard InChI is InChI=1S/C18H25ClN2O/c19-15-6-3-5-14(11-15)12-18(8-1-2-9-18)17(22)21-16-7-4-10-20-13-16/h3,5-6,11,16,20H,1-2,4,7-10,12-13H2,(H,21,22). The fourth-order valence-electron chi connectivity index (χ4n) is 3.89. The Morgan fingerprint density at radius 3 is 2.82 bits per heavy atom. The molecule has 1 aromatic carbocycles. The summed E-state index contributed by atoms with van der Waals surface area (Å²) in [7, 11) is 0. The molecule has 1 unspecified atom stereocenters. The number of hydrogen-bond acceptors (Lipinski definition) is 2. The van der Waals surface area contributed by atoms with Gasteiger partial charge >= 0.3 is 0 Å². The third-order valence-corrected chi connectivity index (χ3v) is 5.34. The molecule has 1 aromatic rings. The quantitative estimate of drug-likeness (QED) is 0.893. The fourth-order valence-corrected chi connectivity index (χ4v) is 4.10. The molecule has 1 saturated carbocycles. The highest BCUT2D eigenvalue weighted by Crippen LogP contribution is 2.41. The Morgan fingerprint density at radius 1 is 1.32 bits per heavy atom. The molecule has 4 heteroatoms. The predicted octanol–water partition coefficient (Wildman–Crippen LogP) is 3.31. The Balaban J connectivity index is 1.71. The summed E-state index contributed by atoms with van der Waals surface area (Å²) >= 11 is 6.10. The molecule has 2 N–H and O–H groups in total. The van der Waals surface area contributed by atoms with Crippen molar-refractivity contribution in [3.63, 3.8) is 0 Å². The Morgan fingerprint density at radius 2 is 2.14 bits per heavy atom. The number of rotatable bonds is 4. The van der Waals surface area contributed by atoms with E-state index in [-0.39, 0.29) is 17.4 Å². The summed E-state index contributed by atoms with van der Waals surface area (Å²) in [5.41, 5.74) is 0.939. The van der Waals surface area contributed by atoms with Gasteiger partial charge in [-0.15, -0.1) is 0 Å². The summed E-state index contributed by atoms with van der Waals surface area (Å²) in [6.45, 7) is 1.97. The zero-order chi connectivity index (χ0) is 15.4. The summed E-state index contributed by atoms with van der Waals surface area (Å²) < 4.78 is 0. The van der Waals surface area contributed by atoms with Gasteiger partial charge in [-0.3, -0.25) is 4.79 Å². The van der Waals surface area contributed by atoms with E-state index in [4.69, 9.17) is 11.6 Å². The van der Waals surface area contributed by atoms with E-state index in [2.05, 4.69) is 16.7 Å². The predicted molar refractivity (Wildman–Crippen MR) is 90.1 cm³/mol. The van der Waals surface area contributed by atoms with Crippen LogP contribution in [-0.2, 0) is 11.2 Å². The van der Waals surface area contributed by atoms with Crippen LogP contribution in [-0.4, -0.2) is 25.0 Å². The molecule has 1 atom stereocenters. The maximum atomic E-state index is 13.0. The summed E-state index contributed by atoms with van der Waals surface area (Å²) in [6.07, 6.45) is 7.32. The summed E-state index contributed by atoms with van der Waals surface area (Å²) in [6, 6.07) is 8.24.